The van der Waals surface area contributed by atoms with Crippen molar-refractivity contribution in [2.45, 2.75) is 44.9 Å². The van der Waals surface area contributed by atoms with Crippen molar-refractivity contribution in [1.29, 1.82) is 0 Å². The van der Waals surface area contributed by atoms with E-state index in [0.717, 1.165) is 16.5 Å². The number of amides is 1. The van der Waals surface area contributed by atoms with E-state index in [9.17, 15) is 14.4 Å². The number of carbonyl (C=O) groups excluding carboxylic acids is 3. The summed E-state index contributed by atoms with van der Waals surface area (Å²) in [6.07, 6.45) is 0.474. The zero-order valence-electron chi connectivity index (χ0n) is 17.3. The highest BCUT2D eigenvalue weighted by Gasteiger charge is 2.40. The molecule has 5 nitrogen and oxygen atoms in total. The minimum Gasteiger partial charge on any atom is -0.486 e. The van der Waals surface area contributed by atoms with Crippen LogP contribution in [0.1, 0.15) is 53.8 Å². The molecule has 0 saturated heterocycles. The summed E-state index contributed by atoms with van der Waals surface area (Å²) in [6, 6.07) is 19.4. The van der Waals surface area contributed by atoms with Gasteiger partial charge in [-0.2, -0.15) is 0 Å². The van der Waals surface area contributed by atoms with E-state index < -0.39 is 6.04 Å². The SMILES string of the molecule is CC(Oc1cccc2c1CN(C1CCC(=O)CC1=O)C2=O)c1ccc2ccccc2c1. The lowest BCUT2D eigenvalue weighted by atomic mass is 9.92. The zero-order chi connectivity index (χ0) is 21.5. The molecule has 1 aliphatic carbocycles. The molecule has 3 aromatic rings. The van der Waals surface area contributed by atoms with Gasteiger partial charge in [-0.15, -0.1) is 0 Å². The number of hydrogen-bond acceptors (Lipinski definition) is 4. The van der Waals surface area contributed by atoms with Gasteiger partial charge in [0.15, 0.2) is 5.78 Å². The average molecular weight is 413 g/mol. The van der Waals surface area contributed by atoms with Crippen molar-refractivity contribution in [1.82, 2.24) is 4.90 Å². The third-order valence-electron chi connectivity index (χ3n) is 6.32. The van der Waals surface area contributed by atoms with Crippen LogP contribution in [0, 0.1) is 0 Å². The van der Waals surface area contributed by atoms with Crippen LogP contribution in [0.4, 0.5) is 0 Å². The fourth-order valence-corrected chi connectivity index (χ4v) is 4.60. The van der Waals surface area contributed by atoms with Gasteiger partial charge in [-0.05, 0) is 47.9 Å². The molecule has 156 valence electrons. The smallest absolute Gasteiger partial charge is 0.255 e. The Morgan fingerprint density at radius 2 is 1.77 bits per heavy atom. The topological polar surface area (TPSA) is 63.7 Å². The molecule has 2 unspecified atom stereocenters. The van der Waals surface area contributed by atoms with E-state index in [1.54, 1.807) is 11.0 Å². The van der Waals surface area contributed by atoms with E-state index in [0.29, 0.717) is 30.7 Å². The Kier molecular flexibility index (Phi) is 4.81. The van der Waals surface area contributed by atoms with Gasteiger partial charge >= 0.3 is 0 Å². The Morgan fingerprint density at radius 3 is 2.58 bits per heavy atom. The maximum Gasteiger partial charge on any atom is 0.255 e. The summed E-state index contributed by atoms with van der Waals surface area (Å²) in [7, 11) is 0. The number of Topliss-reactive ketones (excluding diaryl/α,β-unsaturated/α-hetero) is 2. The monoisotopic (exact) mass is 413 g/mol. The van der Waals surface area contributed by atoms with Crippen LogP contribution in [-0.4, -0.2) is 28.4 Å². The molecular formula is C26H23NO4. The Labute approximate surface area is 180 Å². The number of hydrogen-bond donors (Lipinski definition) is 0. The normalized spacial score (nSPS) is 19.6. The molecule has 5 rings (SSSR count). The Balaban J connectivity index is 1.40. The summed E-state index contributed by atoms with van der Waals surface area (Å²) in [4.78, 5) is 38.6. The van der Waals surface area contributed by atoms with E-state index in [2.05, 4.69) is 30.3 Å². The Hall–Kier alpha value is -3.47. The van der Waals surface area contributed by atoms with Crippen molar-refractivity contribution in [2.24, 2.45) is 0 Å². The van der Waals surface area contributed by atoms with Gasteiger partial charge in [0, 0.05) is 17.5 Å². The van der Waals surface area contributed by atoms with Crippen LogP contribution < -0.4 is 4.74 Å². The van der Waals surface area contributed by atoms with Gasteiger partial charge < -0.3 is 9.64 Å². The number of ether oxygens (including phenoxy) is 1. The Bertz CT molecular complexity index is 1220. The number of nitrogens with zero attached hydrogens (tertiary/aromatic N) is 1. The molecule has 0 aromatic heterocycles. The lowest BCUT2D eigenvalue weighted by Gasteiger charge is -2.29. The molecule has 5 heteroatoms. The lowest BCUT2D eigenvalue weighted by Crippen LogP contribution is -2.44. The third kappa shape index (κ3) is 3.50. The van der Waals surface area contributed by atoms with Crippen molar-refractivity contribution >= 4 is 28.2 Å². The number of fused-ring (bicyclic) bond motifs is 2. The molecule has 1 fully saturated rings. The lowest BCUT2D eigenvalue weighted by molar-refractivity contribution is -0.133. The molecule has 2 aliphatic rings. The highest BCUT2D eigenvalue weighted by molar-refractivity contribution is 6.07. The fraction of sp³-hybridized carbons (Fsp3) is 0.269. The van der Waals surface area contributed by atoms with Crippen molar-refractivity contribution in [3.05, 3.63) is 77.4 Å². The first-order valence-corrected chi connectivity index (χ1v) is 10.6. The summed E-state index contributed by atoms with van der Waals surface area (Å²) in [5.41, 5.74) is 2.44. The van der Waals surface area contributed by atoms with Gasteiger partial charge in [0.2, 0.25) is 0 Å². The first-order valence-electron chi connectivity index (χ1n) is 10.6. The second kappa shape index (κ2) is 7.65. The van der Waals surface area contributed by atoms with E-state index >= 15 is 0 Å². The first kappa shape index (κ1) is 19.5. The summed E-state index contributed by atoms with van der Waals surface area (Å²) in [5.74, 6) is 0.294. The summed E-state index contributed by atoms with van der Waals surface area (Å²) in [5, 5.41) is 2.33. The molecule has 0 N–H and O–H groups in total. The highest BCUT2D eigenvalue weighted by atomic mass is 16.5. The third-order valence-corrected chi connectivity index (χ3v) is 6.32. The maximum absolute atomic E-state index is 13.0. The minimum atomic E-state index is -0.525. The van der Waals surface area contributed by atoms with E-state index in [1.807, 2.05) is 31.2 Å². The van der Waals surface area contributed by atoms with Gasteiger partial charge in [0.05, 0.1) is 19.0 Å². The molecule has 1 saturated carbocycles. The van der Waals surface area contributed by atoms with Crippen LogP contribution in [0.15, 0.2) is 60.7 Å². The van der Waals surface area contributed by atoms with Crippen LogP contribution in [0.2, 0.25) is 0 Å². The zero-order valence-corrected chi connectivity index (χ0v) is 17.3. The number of benzene rings is 3. The van der Waals surface area contributed by atoms with Gasteiger partial charge in [-0.3, -0.25) is 14.4 Å². The van der Waals surface area contributed by atoms with E-state index in [-0.39, 0.29) is 30.0 Å². The van der Waals surface area contributed by atoms with E-state index in [4.69, 9.17) is 4.74 Å². The molecular weight excluding hydrogens is 390 g/mol. The molecule has 0 bridgehead atoms. The second-order valence-corrected chi connectivity index (χ2v) is 8.32. The van der Waals surface area contributed by atoms with E-state index in [1.165, 1.54) is 5.39 Å². The van der Waals surface area contributed by atoms with Crippen LogP contribution in [0.25, 0.3) is 10.8 Å². The minimum absolute atomic E-state index is 0.0429. The standard InChI is InChI=1S/C26H23NO4/c1-16(18-10-9-17-5-2-3-6-19(17)13-18)31-25-8-4-7-21-22(25)15-27(26(21)30)23-12-11-20(28)14-24(23)29/h2-10,13,16,23H,11-12,14-15H2,1H3. The predicted octanol–water partition coefficient (Wildman–Crippen LogP) is 4.63. The van der Waals surface area contributed by atoms with Gasteiger partial charge in [0.25, 0.3) is 5.91 Å². The average Bonchev–Trinajstić information content (AvgIpc) is 3.11. The van der Waals surface area contributed by atoms with Crippen molar-refractivity contribution < 1.29 is 19.1 Å². The fourth-order valence-electron chi connectivity index (χ4n) is 4.60. The first-order chi connectivity index (χ1) is 15.0. The second-order valence-electron chi connectivity index (χ2n) is 8.32. The molecule has 0 radical (unpaired) electrons. The van der Waals surface area contributed by atoms with Crippen molar-refractivity contribution in [3.63, 3.8) is 0 Å². The maximum atomic E-state index is 13.0. The predicted molar refractivity (Wildman–Crippen MR) is 117 cm³/mol. The van der Waals surface area contributed by atoms with Crippen LogP contribution >= 0.6 is 0 Å². The van der Waals surface area contributed by atoms with Crippen molar-refractivity contribution in [2.75, 3.05) is 0 Å². The molecule has 1 heterocycles. The van der Waals surface area contributed by atoms with Gasteiger partial charge in [-0.1, -0.05) is 42.5 Å². The number of ketones is 2. The molecule has 1 aliphatic heterocycles. The summed E-state index contributed by atoms with van der Waals surface area (Å²) in [6.45, 7) is 2.33. The van der Waals surface area contributed by atoms with Crippen molar-refractivity contribution in [3.8, 4) is 5.75 Å². The largest absolute Gasteiger partial charge is 0.486 e. The quantitative estimate of drug-likeness (QED) is 0.585. The molecule has 31 heavy (non-hydrogen) atoms. The molecule has 3 aromatic carbocycles. The molecule has 1 amide bonds. The van der Waals surface area contributed by atoms with Crippen LogP contribution in [0.5, 0.6) is 5.75 Å². The molecule has 2 atom stereocenters. The van der Waals surface area contributed by atoms with Crippen LogP contribution in [-0.2, 0) is 16.1 Å². The summed E-state index contributed by atoms with van der Waals surface area (Å²) >= 11 is 0. The Morgan fingerprint density at radius 1 is 0.968 bits per heavy atom. The number of rotatable bonds is 4. The van der Waals surface area contributed by atoms with Crippen LogP contribution in [0.3, 0.4) is 0 Å². The number of carbonyl (C=O) groups is 3. The summed E-state index contributed by atoms with van der Waals surface area (Å²) < 4.78 is 6.30. The van der Waals surface area contributed by atoms with Gasteiger partial charge in [-0.25, -0.2) is 0 Å². The molecule has 0 spiro atoms. The highest BCUT2D eigenvalue weighted by Crippen LogP contribution is 2.36. The van der Waals surface area contributed by atoms with Gasteiger partial charge in [0.1, 0.15) is 17.6 Å².